The second kappa shape index (κ2) is 9.77. The summed E-state index contributed by atoms with van der Waals surface area (Å²) in [6, 6.07) is 5.71. The number of fused-ring (bicyclic) bond motifs is 1. The van der Waals surface area contributed by atoms with E-state index < -0.39 is 9.84 Å². The average molecular weight is 466 g/mol. The molecule has 0 bridgehead atoms. The number of pyridine rings is 1. The van der Waals surface area contributed by atoms with Gasteiger partial charge in [-0.2, -0.15) is 0 Å². The van der Waals surface area contributed by atoms with E-state index in [2.05, 4.69) is 25.8 Å². The number of halogens is 1. The fourth-order valence-corrected chi connectivity index (χ4v) is 2.70. The lowest BCUT2D eigenvalue weighted by Gasteiger charge is -2.10. The Labute approximate surface area is 159 Å². The van der Waals surface area contributed by atoms with Crippen LogP contribution in [0.2, 0.25) is 0 Å². The summed E-state index contributed by atoms with van der Waals surface area (Å²) in [5, 5.41) is 14.5. The molecule has 0 fully saturated rings. The van der Waals surface area contributed by atoms with Crippen molar-refractivity contribution in [3.05, 3.63) is 30.2 Å². The molecular weight excluding hydrogens is 443 g/mol. The Hall–Kier alpha value is -1.43. The number of aromatic nitrogens is 3. The molecule has 0 amide bonds. The summed E-state index contributed by atoms with van der Waals surface area (Å²) in [7, 11) is -2.93. The van der Waals surface area contributed by atoms with Crippen molar-refractivity contribution in [3.63, 3.8) is 0 Å². The van der Waals surface area contributed by atoms with Gasteiger partial charge in [-0.3, -0.25) is 4.40 Å². The molecule has 2 aromatic rings. The second-order valence-electron chi connectivity index (χ2n) is 5.15. The van der Waals surface area contributed by atoms with E-state index in [1.54, 1.807) is 0 Å². The van der Waals surface area contributed by atoms with Crippen LogP contribution in [0.15, 0.2) is 29.4 Å². The van der Waals surface area contributed by atoms with Crippen LogP contribution in [-0.2, 0) is 16.4 Å². The summed E-state index contributed by atoms with van der Waals surface area (Å²) in [5.41, 5.74) is 0.781. The van der Waals surface area contributed by atoms with E-state index in [4.69, 9.17) is 0 Å². The first kappa shape index (κ1) is 20.6. The number of guanidine groups is 1. The molecule has 0 atom stereocenters. The standard InChI is InChI=1S/C14H22N6O2S.HI/c1-3-15-14(16-8-6-10-23(2,21)22)17-11-13-19-18-12-7-4-5-9-20(12)13;/h4-5,7,9H,3,6,8,10-11H2,1-2H3,(H2,15,16,17);1H. The molecule has 0 aromatic carbocycles. The zero-order chi connectivity index (χ0) is 16.7. The molecule has 134 valence electrons. The Bertz CT molecular complexity index is 774. The topological polar surface area (TPSA) is 101 Å². The molecule has 0 aliphatic carbocycles. The molecule has 8 nitrogen and oxygen atoms in total. The molecule has 0 saturated heterocycles. The van der Waals surface area contributed by atoms with Crippen molar-refractivity contribution in [3.8, 4) is 0 Å². The number of aliphatic imine (C=N–C) groups is 1. The highest BCUT2D eigenvalue weighted by atomic mass is 127. The highest BCUT2D eigenvalue weighted by Crippen LogP contribution is 2.03. The third-order valence-electron chi connectivity index (χ3n) is 3.09. The minimum Gasteiger partial charge on any atom is -0.357 e. The van der Waals surface area contributed by atoms with Crippen LogP contribution in [0.1, 0.15) is 19.2 Å². The van der Waals surface area contributed by atoms with Gasteiger partial charge in [0, 0.05) is 25.5 Å². The Morgan fingerprint density at radius 3 is 2.79 bits per heavy atom. The summed E-state index contributed by atoms with van der Waals surface area (Å²) < 4.78 is 24.1. The van der Waals surface area contributed by atoms with Crippen LogP contribution in [0.5, 0.6) is 0 Å². The van der Waals surface area contributed by atoms with Crippen LogP contribution >= 0.6 is 24.0 Å². The van der Waals surface area contributed by atoms with Crippen molar-refractivity contribution in [1.82, 2.24) is 25.2 Å². The first-order valence-electron chi connectivity index (χ1n) is 7.48. The van der Waals surface area contributed by atoms with Crippen molar-refractivity contribution < 1.29 is 8.42 Å². The predicted octanol–water partition coefficient (Wildman–Crippen LogP) is 0.837. The predicted molar refractivity (Wildman–Crippen MR) is 106 cm³/mol. The van der Waals surface area contributed by atoms with Gasteiger partial charge in [-0.25, -0.2) is 13.4 Å². The molecule has 0 saturated carbocycles. The number of sulfone groups is 1. The molecule has 0 unspecified atom stereocenters. The Morgan fingerprint density at radius 2 is 2.08 bits per heavy atom. The zero-order valence-electron chi connectivity index (χ0n) is 13.8. The number of rotatable bonds is 7. The molecule has 0 spiro atoms. The van der Waals surface area contributed by atoms with Crippen LogP contribution in [0.4, 0.5) is 0 Å². The molecule has 2 N–H and O–H groups in total. The number of nitrogens with zero attached hydrogens (tertiary/aromatic N) is 4. The van der Waals surface area contributed by atoms with Gasteiger partial charge in [-0.1, -0.05) is 6.07 Å². The van der Waals surface area contributed by atoms with Crippen LogP contribution in [0.25, 0.3) is 5.65 Å². The van der Waals surface area contributed by atoms with Crippen molar-refractivity contribution >= 4 is 45.4 Å². The maximum absolute atomic E-state index is 11.1. The zero-order valence-corrected chi connectivity index (χ0v) is 16.9. The lowest BCUT2D eigenvalue weighted by molar-refractivity contribution is 0.598. The fourth-order valence-electron chi connectivity index (χ4n) is 2.03. The molecule has 2 rings (SSSR count). The van der Waals surface area contributed by atoms with E-state index in [9.17, 15) is 8.42 Å². The smallest absolute Gasteiger partial charge is 0.191 e. The third kappa shape index (κ3) is 6.59. The van der Waals surface area contributed by atoms with E-state index >= 15 is 0 Å². The molecule has 2 heterocycles. The molecule has 0 aliphatic rings. The van der Waals surface area contributed by atoms with E-state index in [0.717, 1.165) is 18.0 Å². The minimum atomic E-state index is -2.93. The first-order chi connectivity index (χ1) is 11.0. The summed E-state index contributed by atoms with van der Waals surface area (Å²) in [4.78, 5) is 4.46. The number of hydrogen-bond acceptors (Lipinski definition) is 5. The fraction of sp³-hybridized carbons (Fsp3) is 0.500. The Morgan fingerprint density at radius 1 is 1.29 bits per heavy atom. The van der Waals surface area contributed by atoms with Crippen molar-refractivity contribution in [2.24, 2.45) is 4.99 Å². The Balaban J connectivity index is 0.00000288. The van der Waals surface area contributed by atoms with Crippen molar-refractivity contribution in [2.45, 2.75) is 19.9 Å². The number of hydrogen-bond donors (Lipinski definition) is 2. The highest BCUT2D eigenvalue weighted by Gasteiger charge is 2.05. The van der Waals surface area contributed by atoms with E-state index in [-0.39, 0.29) is 29.7 Å². The molecule has 0 aliphatic heterocycles. The molecular formula is C14H23IN6O2S. The van der Waals surface area contributed by atoms with E-state index in [0.29, 0.717) is 25.5 Å². The lowest BCUT2D eigenvalue weighted by Crippen LogP contribution is -2.38. The molecule has 10 heteroatoms. The average Bonchev–Trinajstić information content (AvgIpc) is 2.91. The molecule has 0 radical (unpaired) electrons. The van der Waals surface area contributed by atoms with Gasteiger partial charge in [0.25, 0.3) is 0 Å². The van der Waals surface area contributed by atoms with Gasteiger partial charge < -0.3 is 10.6 Å². The SMILES string of the molecule is CCNC(=NCc1nnc2ccccn12)NCCCS(C)(=O)=O.I. The second-order valence-corrected chi connectivity index (χ2v) is 7.41. The van der Waals surface area contributed by atoms with Crippen LogP contribution in [0.3, 0.4) is 0 Å². The summed E-state index contributed by atoms with van der Waals surface area (Å²) >= 11 is 0. The van der Waals surface area contributed by atoms with Crippen molar-refractivity contribution in [2.75, 3.05) is 25.1 Å². The largest absolute Gasteiger partial charge is 0.357 e. The van der Waals surface area contributed by atoms with E-state index in [1.165, 1.54) is 6.26 Å². The summed E-state index contributed by atoms with van der Waals surface area (Å²) in [5.74, 6) is 1.54. The number of nitrogens with one attached hydrogen (secondary N) is 2. The van der Waals surface area contributed by atoms with Crippen LogP contribution in [0, 0.1) is 0 Å². The van der Waals surface area contributed by atoms with Gasteiger partial charge in [-0.05, 0) is 25.5 Å². The maximum atomic E-state index is 11.1. The van der Waals surface area contributed by atoms with Gasteiger partial charge in [0.2, 0.25) is 0 Å². The Kier molecular flexibility index (Phi) is 8.39. The lowest BCUT2D eigenvalue weighted by atomic mass is 10.4. The van der Waals surface area contributed by atoms with Crippen LogP contribution < -0.4 is 10.6 Å². The first-order valence-corrected chi connectivity index (χ1v) is 9.54. The van der Waals surface area contributed by atoms with Crippen LogP contribution in [-0.4, -0.2) is 54.1 Å². The maximum Gasteiger partial charge on any atom is 0.191 e. The summed E-state index contributed by atoms with van der Waals surface area (Å²) in [6.07, 6.45) is 3.67. The quantitative estimate of drug-likeness (QED) is 0.272. The van der Waals surface area contributed by atoms with Gasteiger partial charge >= 0.3 is 0 Å². The third-order valence-corrected chi connectivity index (χ3v) is 4.12. The normalized spacial score (nSPS) is 12.0. The molecule has 24 heavy (non-hydrogen) atoms. The van der Waals surface area contributed by atoms with Gasteiger partial charge in [0.15, 0.2) is 17.4 Å². The van der Waals surface area contributed by atoms with Crippen molar-refractivity contribution in [1.29, 1.82) is 0 Å². The molecule has 2 aromatic heterocycles. The van der Waals surface area contributed by atoms with Gasteiger partial charge in [0.05, 0.1) is 5.75 Å². The summed E-state index contributed by atoms with van der Waals surface area (Å²) in [6.45, 7) is 3.62. The van der Waals surface area contributed by atoms with Gasteiger partial charge in [-0.15, -0.1) is 34.2 Å². The minimum absolute atomic E-state index is 0. The monoisotopic (exact) mass is 466 g/mol. The van der Waals surface area contributed by atoms with Gasteiger partial charge in [0.1, 0.15) is 16.4 Å². The highest BCUT2D eigenvalue weighted by molar-refractivity contribution is 14.0. The van der Waals surface area contributed by atoms with E-state index in [1.807, 2.05) is 35.7 Å².